The van der Waals surface area contributed by atoms with Gasteiger partial charge in [-0.05, 0) is 59.5 Å². The minimum absolute atomic E-state index is 0.711. The Morgan fingerprint density at radius 1 is 1.12 bits per heavy atom. The summed E-state index contributed by atoms with van der Waals surface area (Å²) in [7, 11) is 2.10. The monoisotopic (exact) mass is 240 g/mol. The van der Waals surface area contributed by atoms with E-state index in [4.69, 9.17) is 0 Å². The van der Waals surface area contributed by atoms with Gasteiger partial charge in [0.2, 0.25) is 0 Å². The lowest BCUT2D eigenvalue weighted by molar-refractivity contribution is 0.110. The lowest BCUT2D eigenvalue weighted by atomic mass is 9.89. The van der Waals surface area contributed by atoms with E-state index in [1.165, 1.54) is 51.5 Å². The van der Waals surface area contributed by atoms with Crippen molar-refractivity contribution in [2.24, 2.45) is 0 Å². The zero-order valence-corrected chi connectivity index (χ0v) is 12.3. The molecule has 0 unspecified atom stereocenters. The summed E-state index contributed by atoms with van der Waals surface area (Å²) >= 11 is 0. The first-order chi connectivity index (χ1) is 8.19. The molecule has 1 aliphatic carbocycles. The van der Waals surface area contributed by atoms with Crippen LogP contribution in [-0.4, -0.2) is 36.6 Å². The third-order valence-corrected chi connectivity index (χ3v) is 4.26. The van der Waals surface area contributed by atoms with Crippen molar-refractivity contribution in [3.05, 3.63) is 0 Å². The maximum absolute atomic E-state index is 3.43. The van der Waals surface area contributed by atoms with Crippen molar-refractivity contribution < 1.29 is 0 Å². The second kappa shape index (κ2) is 8.10. The Morgan fingerprint density at radius 2 is 1.76 bits per heavy atom. The number of hydrogen-bond donors (Lipinski definition) is 1. The number of rotatable bonds is 7. The largest absolute Gasteiger partial charge is 0.317 e. The molecule has 1 saturated carbocycles. The van der Waals surface area contributed by atoms with E-state index in [0.29, 0.717) is 6.04 Å². The Morgan fingerprint density at radius 3 is 2.24 bits per heavy atom. The molecule has 2 heteroatoms. The van der Waals surface area contributed by atoms with Crippen LogP contribution in [0.1, 0.15) is 65.7 Å². The first-order valence-corrected chi connectivity index (χ1v) is 7.62. The Hall–Kier alpha value is -0.0800. The van der Waals surface area contributed by atoms with Gasteiger partial charge in [-0.15, -0.1) is 0 Å². The molecule has 102 valence electrons. The maximum Gasteiger partial charge on any atom is 0.00991 e. The van der Waals surface area contributed by atoms with E-state index in [-0.39, 0.29) is 0 Å². The highest BCUT2D eigenvalue weighted by Crippen LogP contribution is 2.25. The number of nitrogens with one attached hydrogen (secondary N) is 1. The van der Waals surface area contributed by atoms with E-state index in [1.54, 1.807) is 0 Å². The molecule has 1 fully saturated rings. The molecule has 1 rings (SSSR count). The third kappa shape index (κ3) is 4.97. The van der Waals surface area contributed by atoms with Gasteiger partial charge in [0.25, 0.3) is 0 Å². The van der Waals surface area contributed by atoms with E-state index in [0.717, 1.165) is 12.1 Å². The van der Waals surface area contributed by atoms with Gasteiger partial charge in [-0.3, -0.25) is 4.90 Å². The molecular formula is C15H32N2. The SMILES string of the molecule is CCCCCN(C(C)C)C1CCC(NC)CC1. The Labute approximate surface area is 108 Å². The highest BCUT2D eigenvalue weighted by molar-refractivity contribution is 4.83. The highest BCUT2D eigenvalue weighted by Gasteiger charge is 2.26. The van der Waals surface area contributed by atoms with Crippen LogP contribution < -0.4 is 5.32 Å². The summed E-state index contributed by atoms with van der Waals surface area (Å²) in [6.07, 6.45) is 9.58. The zero-order chi connectivity index (χ0) is 12.7. The van der Waals surface area contributed by atoms with Crippen LogP contribution in [0.15, 0.2) is 0 Å². The molecule has 0 bridgehead atoms. The van der Waals surface area contributed by atoms with E-state index in [9.17, 15) is 0 Å². The molecule has 0 atom stereocenters. The molecular weight excluding hydrogens is 208 g/mol. The van der Waals surface area contributed by atoms with Crippen molar-refractivity contribution >= 4 is 0 Å². The molecule has 1 aliphatic rings. The Bertz CT molecular complexity index is 183. The molecule has 0 aromatic carbocycles. The molecule has 0 amide bonds. The van der Waals surface area contributed by atoms with E-state index < -0.39 is 0 Å². The van der Waals surface area contributed by atoms with Gasteiger partial charge < -0.3 is 5.32 Å². The van der Waals surface area contributed by atoms with Gasteiger partial charge in [-0.1, -0.05) is 19.8 Å². The number of nitrogens with zero attached hydrogens (tertiary/aromatic N) is 1. The maximum atomic E-state index is 3.43. The van der Waals surface area contributed by atoms with Gasteiger partial charge in [-0.2, -0.15) is 0 Å². The Kier molecular flexibility index (Phi) is 7.14. The van der Waals surface area contributed by atoms with Crippen LogP contribution in [0.3, 0.4) is 0 Å². The van der Waals surface area contributed by atoms with Gasteiger partial charge in [-0.25, -0.2) is 0 Å². The molecule has 0 spiro atoms. The molecule has 0 aromatic heterocycles. The number of hydrogen-bond acceptors (Lipinski definition) is 2. The molecule has 0 heterocycles. The Balaban J connectivity index is 2.37. The van der Waals surface area contributed by atoms with Crippen molar-refractivity contribution in [2.75, 3.05) is 13.6 Å². The summed E-state index contributed by atoms with van der Waals surface area (Å²) in [6, 6.07) is 2.33. The van der Waals surface area contributed by atoms with Crippen LogP contribution in [-0.2, 0) is 0 Å². The van der Waals surface area contributed by atoms with Crippen molar-refractivity contribution in [3.63, 3.8) is 0 Å². The predicted octanol–water partition coefficient (Wildman–Crippen LogP) is 3.42. The topological polar surface area (TPSA) is 15.3 Å². The van der Waals surface area contributed by atoms with E-state index in [1.807, 2.05) is 0 Å². The van der Waals surface area contributed by atoms with Gasteiger partial charge in [0.15, 0.2) is 0 Å². The summed E-state index contributed by atoms with van der Waals surface area (Å²) in [6.45, 7) is 8.31. The van der Waals surface area contributed by atoms with Crippen molar-refractivity contribution in [3.8, 4) is 0 Å². The third-order valence-electron chi connectivity index (χ3n) is 4.26. The smallest absolute Gasteiger partial charge is 0.00991 e. The predicted molar refractivity (Wildman–Crippen MR) is 76.5 cm³/mol. The van der Waals surface area contributed by atoms with E-state index >= 15 is 0 Å². The van der Waals surface area contributed by atoms with Crippen molar-refractivity contribution in [1.82, 2.24) is 10.2 Å². The second-order valence-electron chi connectivity index (χ2n) is 5.83. The fraction of sp³-hybridized carbons (Fsp3) is 1.00. The normalized spacial score (nSPS) is 25.8. The summed E-state index contributed by atoms with van der Waals surface area (Å²) in [5.74, 6) is 0. The van der Waals surface area contributed by atoms with Gasteiger partial charge in [0.1, 0.15) is 0 Å². The summed E-state index contributed by atoms with van der Waals surface area (Å²) in [5, 5.41) is 3.43. The summed E-state index contributed by atoms with van der Waals surface area (Å²) < 4.78 is 0. The molecule has 0 radical (unpaired) electrons. The second-order valence-corrected chi connectivity index (χ2v) is 5.83. The van der Waals surface area contributed by atoms with E-state index in [2.05, 4.69) is 38.0 Å². The first-order valence-electron chi connectivity index (χ1n) is 7.62. The standard InChI is InChI=1S/C15H32N2/c1-5-6-7-12-17(13(2)3)15-10-8-14(16-4)9-11-15/h13-16H,5-12H2,1-4H3. The van der Waals surface area contributed by atoms with Crippen LogP contribution in [0.2, 0.25) is 0 Å². The fourth-order valence-electron chi connectivity index (χ4n) is 3.10. The first kappa shape index (κ1) is 15.0. The molecule has 1 N–H and O–H groups in total. The van der Waals surface area contributed by atoms with Gasteiger partial charge in [0, 0.05) is 18.1 Å². The average molecular weight is 240 g/mol. The summed E-state index contributed by atoms with van der Waals surface area (Å²) in [5.41, 5.74) is 0. The van der Waals surface area contributed by atoms with Crippen LogP contribution >= 0.6 is 0 Å². The minimum Gasteiger partial charge on any atom is -0.317 e. The quantitative estimate of drug-likeness (QED) is 0.686. The van der Waals surface area contributed by atoms with Gasteiger partial charge in [0.05, 0.1) is 0 Å². The average Bonchev–Trinajstić information content (AvgIpc) is 2.34. The van der Waals surface area contributed by atoms with Crippen LogP contribution in [0, 0.1) is 0 Å². The number of unbranched alkanes of at least 4 members (excludes halogenated alkanes) is 2. The molecule has 0 aromatic rings. The van der Waals surface area contributed by atoms with Crippen LogP contribution in [0.4, 0.5) is 0 Å². The molecule has 0 aliphatic heterocycles. The van der Waals surface area contributed by atoms with Crippen molar-refractivity contribution in [2.45, 2.75) is 83.8 Å². The highest BCUT2D eigenvalue weighted by atomic mass is 15.2. The zero-order valence-electron chi connectivity index (χ0n) is 12.3. The fourth-order valence-corrected chi connectivity index (χ4v) is 3.10. The molecule has 0 saturated heterocycles. The van der Waals surface area contributed by atoms with Crippen LogP contribution in [0.5, 0.6) is 0 Å². The lowest BCUT2D eigenvalue weighted by Crippen LogP contribution is -2.45. The van der Waals surface area contributed by atoms with Crippen LogP contribution in [0.25, 0.3) is 0 Å². The lowest BCUT2D eigenvalue weighted by Gasteiger charge is -2.39. The minimum atomic E-state index is 0.711. The molecule has 17 heavy (non-hydrogen) atoms. The van der Waals surface area contributed by atoms with Crippen molar-refractivity contribution in [1.29, 1.82) is 0 Å². The molecule has 2 nitrogen and oxygen atoms in total. The summed E-state index contributed by atoms with van der Waals surface area (Å²) in [4.78, 5) is 2.75. The van der Waals surface area contributed by atoms with Gasteiger partial charge >= 0.3 is 0 Å².